The first-order valence-corrected chi connectivity index (χ1v) is 8.25. The van der Waals surface area contributed by atoms with Crippen molar-refractivity contribution in [1.82, 2.24) is 14.8 Å². The highest BCUT2D eigenvalue weighted by Crippen LogP contribution is 2.31. The molecule has 2 aliphatic rings. The number of nitrogens with zero attached hydrogens (tertiary/aromatic N) is 2. The molecule has 1 N–H and O–H groups in total. The molecular formula is C18H23N3O. The summed E-state index contributed by atoms with van der Waals surface area (Å²) in [5.74, 6) is 0.203. The third-order valence-corrected chi connectivity index (χ3v) is 5.41. The summed E-state index contributed by atoms with van der Waals surface area (Å²) in [6.45, 7) is 4.07. The SMILES string of the molecule is Cc1cccc2c1cc(C(=O)N1[C@@H]3CCNC[C@H]1CC3)n2C. The zero-order valence-electron chi connectivity index (χ0n) is 13.3. The van der Waals surface area contributed by atoms with E-state index in [-0.39, 0.29) is 5.91 Å². The van der Waals surface area contributed by atoms with E-state index < -0.39 is 0 Å². The number of aromatic nitrogens is 1. The highest BCUT2D eigenvalue weighted by Gasteiger charge is 2.39. The predicted octanol–water partition coefficient (Wildman–Crippen LogP) is 2.45. The van der Waals surface area contributed by atoms with Crippen LogP contribution in [-0.2, 0) is 7.05 Å². The second-order valence-electron chi connectivity index (χ2n) is 6.69. The summed E-state index contributed by atoms with van der Waals surface area (Å²) in [5.41, 5.74) is 3.19. The maximum absolute atomic E-state index is 13.2. The van der Waals surface area contributed by atoms with Crippen LogP contribution in [0.4, 0.5) is 0 Å². The molecule has 3 heterocycles. The summed E-state index contributed by atoms with van der Waals surface area (Å²) in [6.07, 6.45) is 3.36. The van der Waals surface area contributed by atoms with Gasteiger partial charge in [-0.3, -0.25) is 4.79 Å². The van der Waals surface area contributed by atoms with Crippen molar-refractivity contribution in [2.75, 3.05) is 13.1 Å². The molecule has 0 aliphatic carbocycles. The minimum atomic E-state index is 0.203. The minimum Gasteiger partial charge on any atom is -0.340 e. The van der Waals surface area contributed by atoms with Gasteiger partial charge in [0, 0.05) is 36.6 Å². The first-order valence-electron chi connectivity index (χ1n) is 8.25. The van der Waals surface area contributed by atoms with Gasteiger partial charge in [-0.05, 0) is 50.4 Å². The molecule has 2 aromatic rings. The van der Waals surface area contributed by atoms with Crippen LogP contribution in [0.5, 0.6) is 0 Å². The first kappa shape index (κ1) is 13.8. The molecule has 1 amide bonds. The molecule has 0 saturated carbocycles. The van der Waals surface area contributed by atoms with E-state index in [2.05, 4.69) is 46.0 Å². The van der Waals surface area contributed by atoms with Gasteiger partial charge >= 0.3 is 0 Å². The molecule has 1 aromatic carbocycles. The van der Waals surface area contributed by atoms with Crippen LogP contribution >= 0.6 is 0 Å². The van der Waals surface area contributed by atoms with Crippen LogP contribution in [0.15, 0.2) is 24.3 Å². The van der Waals surface area contributed by atoms with E-state index >= 15 is 0 Å². The molecule has 22 heavy (non-hydrogen) atoms. The van der Waals surface area contributed by atoms with Crippen molar-refractivity contribution in [2.24, 2.45) is 7.05 Å². The van der Waals surface area contributed by atoms with Crippen LogP contribution < -0.4 is 5.32 Å². The largest absolute Gasteiger partial charge is 0.340 e. The Morgan fingerprint density at radius 3 is 2.86 bits per heavy atom. The maximum atomic E-state index is 13.2. The van der Waals surface area contributed by atoms with Crippen molar-refractivity contribution in [3.63, 3.8) is 0 Å². The number of carbonyl (C=O) groups is 1. The molecule has 116 valence electrons. The summed E-state index contributed by atoms with van der Waals surface area (Å²) in [6, 6.07) is 9.11. The highest BCUT2D eigenvalue weighted by atomic mass is 16.2. The van der Waals surface area contributed by atoms with E-state index in [0.717, 1.165) is 43.6 Å². The van der Waals surface area contributed by atoms with Crippen LogP contribution in [0.1, 0.15) is 35.3 Å². The molecule has 0 unspecified atom stereocenters. The molecule has 2 fully saturated rings. The fourth-order valence-corrected chi connectivity index (χ4v) is 4.16. The Bertz CT molecular complexity index is 719. The number of rotatable bonds is 1. The molecule has 2 atom stereocenters. The fraction of sp³-hybridized carbons (Fsp3) is 0.500. The van der Waals surface area contributed by atoms with Crippen LogP contribution in [0, 0.1) is 6.92 Å². The Hall–Kier alpha value is -1.81. The van der Waals surface area contributed by atoms with Crippen molar-refractivity contribution in [3.05, 3.63) is 35.5 Å². The second-order valence-corrected chi connectivity index (χ2v) is 6.69. The Balaban J connectivity index is 1.77. The third-order valence-electron chi connectivity index (χ3n) is 5.41. The summed E-state index contributed by atoms with van der Waals surface area (Å²) < 4.78 is 2.06. The lowest BCUT2D eigenvalue weighted by atomic mass is 10.1. The van der Waals surface area contributed by atoms with Gasteiger partial charge in [-0.2, -0.15) is 0 Å². The van der Waals surface area contributed by atoms with E-state index in [9.17, 15) is 4.79 Å². The molecular weight excluding hydrogens is 274 g/mol. The number of nitrogens with one attached hydrogen (secondary N) is 1. The second kappa shape index (κ2) is 5.13. The van der Waals surface area contributed by atoms with Gasteiger partial charge in [0.1, 0.15) is 5.69 Å². The Labute approximate surface area is 131 Å². The van der Waals surface area contributed by atoms with Gasteiger partial charge in [0.25, 0.3) is 5.91 Å². The molecule has 2 saturated heterocycles. The van der Waals surface area contributed by atoms with E-state index in [0.29, 0.717) is 12.1 Å². The number of aryl methyl sites for hydroxylation is 2. The van der Waals surface area contributed by atoms with Gasteiger partial charge in [0.05, 0.1) is 0 Å². The molecule has 0 radical (unpaired) electrons. The molecule has 2 aliphatic heterocycles. The number of amides is 1. The minimum absolute atomic E-state index is 0.203. The number of benzene rings is 1. The number of fused-ring (bicyclic) bond motifs is 3. The van der Waals surface area contributed by atoms with Gasteiger partial charge in [0.15, 0.2) is 0 Å². The molecule has 4 nitrogen and oxygen atoms in total. The fourth-order valence-electron chi connectivity index (χ4n) is 4.16. The molecule has 2 bridgehead atoms. The quantitative estimate of drug-likeness (QED) is 0.878. The molecule has 4 rings (SSSR count). The van der Waals surface area contributed by atoms with Crippen LogP contribution in [0.25, 0.3) is 10.9 Å². The molecule has 1 aromatic heterocycles. The van der Waals surface area contributed by atoms with Crippen molar-refractivity contribution < 1.29 is 4.79 Å². The standard InChI is InChI=1S/C18H23N3O/c1-12-4-3-5-16-15(12)10-17(20(16)2)18(22)21-13-6-7-14(21)11-19-9-8-13/h3-5,10,13-14,19H,6-9,11H2,1-2H3/t13-,14+/m0/s1. The Morgan fingerprint density at radius 2 is 2.05 bits per heavy atom. The lowest BCUT2D eigenvalue weighted by Gasteiger charge is -2.28. The first-order chi connectivity index (χ1) is 10.7. The average Bonchev–Trinajstić information content (AvgIpc) is 2.96. The lowest BCUT2D eigenvalue weighted by Crippen LogP contribution is -2.43. The van der Waals surface area contributed by atoms with Gasteiger partial charge in [0.2, 0.25) is 0 Å². The van der Waals surface area contributed by atoms with Crippen molar-refractivity contribution in [1.29, 1.82) is 0 Å². The number of carbonyl (C=O) groups excluding carboxylic acids is 1. The van der Waals surface area contributed by atoms with Gasteiger partial charge < -0.3 is 14.8 Å². The summed E-state index contributed by atoms with van der Waals surface area (Å²) >= 11 is 0. The zero-order valence-corrected chi connectivity index (χ0v) is 13.3. The van der Waals surface area contributed by atoms with Crippen molar-refractivity contribution in [3.8, 4) is 0 Å². The third kappa shape index (κ3) is 1.97. The summed E-state index contributed by atoms with van der Waals surface area (Å²) in [5, 5.41) is 4.65. The summed E-state index contributed by atoms with van der Waals surface area (Å²) in [4.78, 5) is 15.3. The van der Waals surface area contributed by atoms with Gasteiger partial charge in [-0.1, -0.05) is 12.1 Å². The van der Waals surface area contributed by atoms with E-state index in [1.807, 2.05) is 7.05 Å². The smallest absolute Gasteiger partial charge is 0.271 e. The number of hydrogen-bond donors (Lipinski definition) is 1. The average molecular weight is 297 g/mol. The van der Waals surface area contributed by atoms with Crippen LogP contribution in [-0.4, -0.2) is 40.5 Å². The van der Waals surface area contributed by atoms with E-state index in [1.54, 1.807) is 0 Å². The predicted molar refractivity (Wildman–Crippen MR) is 88.1 cm³/mol. The zero-order chi connectivity index (χ0) is 15.3. The highest BCUT2D eigenvalue weighted by molar-refractivity contribution is 6.00. The van der Waals surface area contributed by atoms with Crippen molar-refractivity contribution >= 4 is 16.8 Å². The van der Waals surface area contributed by atoms with Crippen molar-refractivity contribution in [2.45, 2.75) is 38.3 Å². The monoisotopic (exact) mass is 297 g/mol. The topological polar surface area (TPSA) is 37.3 Å². The molecule has 4 heteroatoms. The summed E-state index contributed by atoms with van der Waals surface area (Å²) in [7, 11) is 2.01. The van der Waals surface area contributed by atoms with E-state index in [4.69, 9.17) is 0 Å². The Kier molecular flexibility index (Phi) is 3.22. The number of hydrogen-bond acceptors (Lipinski definition) is 2. The molecule has 0 spiro atoms. The van der Waals surface area contributed by atoms with Crippen LogP contribution in [0.2, 0.25) is 0 Å². The lowest BCUT2D eigenvalue weighted by molar-refractivity contribution is 0.0671. The maximum Gasteiger partial charge on any atom is 0.271 e. The normalized spacial score (nSPS) is 24.7. The van der Waals surface area contributed by atoms with Gasteiger partial charge in [-0.15, -0.1) is 0 Å². The van der Waals surface area contributed by atoms with Gasteiger partial charge in [-0.25, -0.2) is 0 Å². The Morgan fingerprint density at radius 1 is 1.23 bits per heavy atom. The van der Waals surface area contributed by atoms with Crippen LogP contribution in [0.3, 0.4) is 0 Å². The van der Waals surface area contributed by atoms with E-state index in [1.165, 1.54) is 10.9 Å².